The molecule has 0 aliphatic heterocycles. The molecule has 0 saturated heterocycles. The second-order valence-corrected chi connectivity index (χ2v) is 3.92. The van der Waals surface area contributed by atoms with Crippen molar-refractivity contribution in [2.24, 2.45) is 0 Å². The predicted molar refractivity (Wildman–Crippen MR) is 62.5 cm³/mol. The highest BCUT2D eigenvalue weighted by Gasteiger charge is 2.14. The van der Waals surface area contributed by atoms with Gasteiger partial charge in [0, 0.05) is 17.6 Å². The maximum Gasteiger partial charge on any atom is 0.120 e. The number of aliphatic hydroxyl groups is 1. The van der Waals surface area contributed by atoms with Gasteiger partial charge >= 0.3 is 0 Å². The molecule has 0 aliphatic rings. The van der Waals surface area contributed by atoms with Crippen molar-refractivity contribution in [1.29, 1.82) is 0 Å². The maximum atomic E-state index is 9.65. The first-order valence-corrected chi connectivity index (χ1v) is 5.47. The number of aliphatic hydroxyl groups excluding tert-OH is 1. The van der Waals surface area contributed by atoms with Gasteiger partial charge in [-0.3, -0.25) is 0 Å². The Morgan fingerprint density at radius 3 is 2.56 bits per heavy atom. The van der Waals surface area contributed by atoms with Crippen LogP contribution in [0, 0.1) is 0 Å². The smallest absolute Gasteiger partial charge is 0.120 e. The van der Waals surface area contributed by atoms with Crippen molar-refractivity contribution in [1.82, 2.24) is 5.32 Å². The van der Waals surface area contributed by atoms with Crippen molar-refractivity contribution >= 4 is 0 Å². The number of phenols is 2. The molecule has 0 saturated carbocycles. The van der Waals surface area contributed by atoms with E-state index in [9.17, 15) is 10.2 Å². The summed E-state index contributed by atoms with van der Waals surface area (Å²) in [6.45, 7) is 3.91. The first-order chi connectivity index (χ1) is 7.58. The quantitative estimate of drug-likeness (QED) is 0.573. The SMILES string of the molecule is CCC(CO)NC(C)c1cc(O)ccc1O. The first-order valence-electron chi connectivity index (χ1n) is 5.47. The lowest BCUT2D eigenvalue weighted by atomic mass is 10.1. The molecule has 90 valence electrons. The number of aromatic hydroxyl groups is 2. The molecule has 0 aliphatic carbocycles. The fraction of sp³-hybridized carbons (Fsp3) is 0.500. The molecule has 0 radical (unpaired) electrons. The van der Waals surface area contributed by atoms with Gasteiger partial charge in [0.15, 0.2) is 0 Å². The highest BCUT2D eigenvalue weighted by molar-refractivity contribution is 5.40. The summed E-state index contributed by atoms with van der Waals surface area (Å²) in [7, 11) is 0. The summed E-state index contributed by atoms with van der Waals surface area (Å²) in [4.78, 5) is 0. The number of nitrogens with one attached hydrogen (secondary N) is 1. The molecule has 0 heterocycles. The third-order valence-corrected chi connectivity index (χ3v) is 2.68. The zero-order valence-electron chi connectivity index (χ0n) is 9.64. The zero-order valence-corrected chi connectivity index (χ0v) is 9.64. The van der Waals surface area contributed by atoms with Crippen LogP contribution in [0.5, 0.6) is 11.5 Å². The van der Waals surface area contributed by atoms with Crippen LogP contribution in [-0.2, 0) is 0 Å². The van der Waals surface area contributed by atoms with Crippen LogP contribution in [0.2, 0.25) is 0 Å². The molecule has 2 atom stereocenters. The van der Waals surface area contributed by atoms with Gasteiger partial charge in [-0.05, 0) is 31.5 Å². The van der Waals surface area contributed by atoms with Gasteiger partial charge in [-0.15, -0.1) is 0 Å². The number of hydrogen-bond donors (Lipinski definition) is 4. The molecule has 0 bridgehead atoms. The summed E-state index contributed by atoms with van der Waals surface area (Å²) in [6.07, 6.45) is 0.806. The van der Waals surface area contributed by atoms with Crippen molar-refractivity contribution in [2.75, 3.05) is 6.61 Å². The highest BCUT2D eigenvalue weighted by atomic mass is 16.3. The van der Waals surface area contributed by atoms with Crippen molar-refractivity contribution in [3.05, 3.63) is 23.8 Å². The predicted octanol–water partition coefficient (Wildman–Crippen LogP) is 1.52. The summed E-state index contributed by atoms with van der Waals surface area (Å²) in [6, 6.07) is 4.30. The monoisotopic (exact) mass is 225 g/mol. The lowest BCUT2D eigenvalue weighted by Crippen LogP contribution is -2.33. The zero-order chi connectivity index (χ0) is 12.1. The number of benzene rings is 1. The Balaban J connectivity index is 2.79. The second kappa shape index (κ2) is 5.72. The van der Waals surface area contributed by atoms with E-state index in [1.807, 2.05) is 13.8 Å². The van der Waals surface area contributed by atoms with E-state index in [0.29, 0.717) is 5.56 Å². The summed E-state index contributed by atoms with van der Waals surface area (Å²) in [5, 5.41) is 31.2. The molecule has 2 unspecified atom stereocenters. The van der Waals surface area contributed by atoms with E-state index in [1.54, 1.807) is 0 Å². The van der Waals surface area contributed by atoms with Gasteiger partial charge in [-0.1, -0.05) is 6.92 Å². The van der Waals surface area contributed by atoms with Gasteiger partial charge in [0.05, 0.1) is 6.61 Å². The van der Waals surface area contributed by atoms with E-state index >= 15 is 0 Å². The molecular weight excluding hydrogens is 206 g/mol. The van der Waals surface area contributed by atoms with Crippen LogP contribution in [0.3, 0.4) is 0 Å². The molecule has 0 fully saturated rings. The molecule has 1 aromatic carbocycles. The number of rotatable bonds is 5. The minimum atomic E-state index is -0.121. The summed E-state index contributed by atoms with van der Waals surface area (Å²) in [5.41, 5.74) is 0.631. The minimum absolute atomic E-state index is 0.00301. The largest absolute Gasteiger partial charge is 0.508 e. The molecule has 0 spiro atoms. The summed E-state index contributed by atoms with van der Waals surface area (Å²) in [5.74, 6) is 0.268. The van der Waals surface area contributed by atoms with Crippen molar-refractivity contribution in [3.8, 4) is 11.5 Å². The topological polar surface area (TPSA) is 72.7 Å². The van der Waals surface area contributed by atoms with Gasteiger partial charge in [0.1, 0.15) is 11.5 Å². The third-order valence-electron chi connectivity index (χ3n) is 2.68. The van der Waals surface area contributed by atoms with Crippen LogP contribution in [-0.4, -0.2) is 28.0 Å². The van der Waals surface area contributed by atoms with Crippen LogP contribution >= 0.6 is 0 Å². The van der Waals surface area contributed by atoms with Gasteiger partial charge < -0.3 is 20.6 Å². The van der Waals surface area contributed by atoms with Crippen LogP contribution in [0.25, 0.3) is 0 Å². The molecule has 16 heavy (non-hydrogen) atoms. The number of phenolic OH excluding ortho intramolecular Hbond substituents is 2. The summed E-state index contributed by atoms with van der Waals surface area (Å²) < 4.78 is 0. The Bertz CT molecular complexity index is 337. The van der Waals surface area contributed by atoms with Gasteiger partial charge in [0.2, 0.25) is 0 Å². The van der Waals surface area contributed by atoms with Crippen molar-refractivity contribution < 1.29 is 15.3 Å². The third kappa shape index (κ3) is 3.12. The molecule has 0 aromatic heterocycles. The van der Waals surface area contributed by atoms with E-state index in [1.165, 1.54) is 18.2 Å². The van der Waals surface area contributed by atoms with Crippen molar-refractivity contribution in [2.45, 2.75) is 32.4 Å². The van der Waals surface area contributed by atoms with Crippen molar-refractivity contribution in [3.63, 3.8) is 0 Å². The molecule has 1 rings (SSSR count). The highest BCUT2D eigenvalue weighted by Crippen LogP contribution is 2.27. The van der Waals surface area contributed by atoms with E-state index in [0.717, 1.165) is 6.42 Å². The van der Waals surface area contributed by atoms with Crippen LogP contribution in [0.1, 0.15) is 31.9 Å². The maximum absolute atomic E-state index is 9.65. The summed E-state index contributed by atoms with van der Waals surface area (Å²) >= 11 is 0. The molecule has 4 nitrogen and oxygen atoms in total. The first kappa shape index (κ1) is 12.8. The van der Waals surface area contributed by atoms with Gasteiger partial charge in [-0.2, -0.15) is 0 Å². The normalized spacial score (nSPS) is 14.7. The second-order valence-electron chi connectivity index (χ2n) is 3.92. The Kier molecular flexibility index (Phi) is 4.58. The van der Waals surface area contributed by atoms with E-state index in [2.05, 4.69) is 5.32 Å². The van der Waals surface area contributed by atoms with Crippen LogP contribution < -0.4 is 5.32 Å². The number of hydrogen-bond acceptors (Lipinski definition) is 4. The fourth-order valence-corrected chi connectivity index (χ4v) is 1.63. The standard InChI is InChI=1S/C12H19NO3/c1-3-9(7-14)13-8(2)11-6-10(15)4-5-12(11)16/h4-6,8-9,13-16H,3,7H2,1-2H3. The lowest BCUT2D eigenvalue weighted by molar-refractivity contribution is 0.229. The van der Waals surface area contributed by atoms with E-state index in [4.69, 9.17) is 5.11 Å². The minimum Gasteiger partial charge on any atom is -0.508 e. The van der Waals surface area contributed by atoms with E-state index in [-0.39, 0.29) is 30.2 Å². The van der Waals surface area contributed by atoms with E-state index < -0.39 is 0 Å². The molecular formula is C12H19NO3. The molecule has 0 amide bonds. The Morgan fingerprint density at radius 1 is 1.31 bits per heavy atom. The fourth-order valence-electron chi connectivity index (χ4n) is 1.63. The Labute approximate surface area is 95.6 Å². The van der Waals surface area contributed by atoms with Gasteiger partial charge in [-0.25, -0.2) is 0 Å². The molecule has 4 heteroatoms. The van der Waals surface area contributed by atoms with Gasteiger partial charge in [0.25, 0.3) is 0 Å². The average molecular weight is 225 g/mol. The lowest BCUT2D eigenvalue weighted by Gasteiger charge is -2.21. The Hall–Kier alpha value is -1.26. The average Bonchev–Trinajstić information content (AvgIpc) is 2.28. The molecule has 4 N–H and O–H groups in total. The molecule has 1 aromatic rings. The Morgan fingerprint density at radius 2 is 2.00 bits per heavy atom. The van der Waals surface area contributed by atoms with Crippen LogP contribution in [0.15, 0.2) is 18.2 Å². The van der Waals surface area contributed by atoms with Crippen LogP contribution in [0.4, 0.5) is 0 Å².